The first-order valence-electron chi connectivity index (χ1n) is 6.47. The van der Waals surface area contributed by atoms with Gasteiger partial charge in [0, 0.05) is 16.2 Å². The van der Waals surface area contributed by atoms with Crippen molar-refractivity contribution in [3.05, 3.63) is 28.7 Å². The van der Waals surface area contributed by atoms with Crippen molar-refractivity contribution in [2.24, 2.45) is 23.5 Å². The van der Waals surface area contributed by atoms with Gasteiger partial charge < -0.3 is 11.1 Å². The highest BCUT2D eigenvalue weighted by molar-refractivity contribution is 9.10. The number of benzene rings is 1. The van der Waals surface area contributed by atoms with E-state index in [1.54, 1.807) is 0 Å². The van der Waals surface area contributed by atoms with Crippen molar-refractivity contribution in [1.82, 2.24) is 0 Å². The zero-order chi connectivity index (χ0) is 12.7. The number of rotatable bonds is 2. The van der Waals surface area contributed by atoms with Gasteiger partial charge in [-0.3, -0.25) is 4.79 Å². The van der Waals surface area contributed by atoms with Crippen molar-refractivity contribution >= 4 is 39.9 Å². The van der Waals surface area contributed by atoms with Crippen molar-refractivity contribution in [3.8, 4) is 0 Å². The monoisotopic (exact) mass is 344 g/mol. The second kappa shape index (κ2) is 5.81. The number of fused-ring (bicyclic) bond motifs is 2. The minimum atomic E-state index is 0. The molecule has 2 aliphatic carbocycles. The zero-order valence-electron chi connectivity index (χ0n) is 10.5. The Morgan fingerprint density at radius 2 is 2.05 bits per heavy atom. The van der Waals surface area contributed by atoms with Crippen molar-refractivity contribution < 1.29 is 4.79 Å². The maximum atomic E-state index is 12.3. The SMILES string of the molecule is Cl.NC1C2CCC(C2)C1C(=O)Nc1cccc(Br)c1. The molecule has 0 aromatic heterocycles. The van der Waals surface area contributed by atoms with E-state index in [0.717, 1.165) is 23.0 Å². The average Bonchev–Trinajstić information content (AvgIpc) is 2.89. The van der Waals surface area contributed by atoms with Gasteiger partial charge in [0.15, 0.2) is 0 Å². The van der Waals surface area contributed by atoms with Gasteiger partial charge in [-0.15, -0.1) is 12.4 Å². The number of hydrogen-bond acceptors (Lipinski definition) is 2. The minimum absolute atomic E-state index is 0. The van der Waals surface area contributed by atoms with Crippen LogP contribution in [0.1, 0.15) is 19.3 Å². The molecule has 2 fully saturated rings. The van der Waals surface area contributed by atoms with E-state index in [-0.39, 0.29) is 30.3 Å². The van der Waals surface area contributed by atoms with E-state index in [9.17, 15) is 4.79 Å². The highest BCUT2D eigenvalue weighted by Gasteiger charge is 2.49. The number of carbonyl (C=O) groups is 1. The van der Waals surface area contributed by atoms with Gasteiger partial charge in [0.25, 0.3) is 0 Å². The predicted octanol–water partition coefficient (Wildman–Crippen LogP) is 3.18. The molecule has 19 heavy (non-hydrogen) atoms. The molecule has 1 aromatic rings. The molecule has 2 bridgehead atoms. The van der Waals surface area contributed by atoms with Crippen molar-refractivity contribution in [2.75, 3.05) is 5.32 Å². The summed E-state index contributed by atoms with van der Waals surface area (Å²) < 4.78 is 0.970. The summed E-state index contributed by atoms with van der Waals surface area (Å²) >= 11 is 3.40. The highest BCUT2D eigenvalue weighted by Crippen LogP contribution is 2.47. The first-order valence-corrected chi connectivity index (χ1v) is 7.26. The molecule has 3 rings (SSSR count). The molecule has 1 aromatic carbocycles. The Bertz CT molecular complexity index is 480. The second-order valence-electron chi connectivity index (χ2n) is 5.44. The molecule has 3 N–H and O–H groups in total. The second-order valence-corrected chi connectivity index (χ2v) is 6.35. The molecule has 3 nitrogen and oxygen atoms in total. The normalized spacial score (nSPS) is 31.9. The molecule has 2 aliphatic rings. The highest BCUT2D eigenvalue weighted by atomic mass is 79.9. The van der Waals surface area contributed by atoms with Crippen LogP contribution in [0.5, 0.6) is 0 Å². The zero-order valence-corrected chi connectivity index (χ0v) is 12.9. The summed E-state index contributed by atoms with van der Waals surface area (Å²) in [5, 5.41) is 2.99. The number of nitrogens with two attached hydrogens (primary N) is 1. The van der Waals surface area contributed by atoms with Crippen LogP contribution >= 0.6 is 28.3 Å². The summed E-state index contributed by atoms with van der Waals surface area (Å²) in [5.41, 5.74) is 7.02. The van der Waals surface area contributed by atoms with Gasteiger partial charge in [-0.1, -0.05) is 22.0 Å². The summed E-state index contributed by atoms with van der Waals surface area (Å²) in [7, 11) is 0. The standard InChI is InChI=1S/C14H17BrN2O.ClH/c15-10-2-1-3-11(7-10)17-14(18)12-8-4-5-9(6-8)13(12)16;/h1-3,7-9,12-13H,4-6,16H2,(H,17,18);1H. The summed E-state index contributed by atoms with van der Waals surface area (Å²) in [5.74, 6) is 1.15. The van der Waals surface area contributed by atoms with E-state index in [1.807, 2.05) is 24.3 Å². The van der Waals surface area contributed by atoms with Gasteiger partial charge in [-0.05, 0) is 49.3 Å². The Hall–Kier alpha value is -0.580. The number of halogens is 2. The maximum absolute atomic E-state index is 12.3. The Kier molecular flexibility index (Phi) is 4.54. The van der Waals surface area contributed by atoms with Crippen molar-refractivity contribution in [3.63, 3.8) is 0 Å². The van der Waals surface area contributed by atoms with Gasteiger partial charge in [-0.25, -0.2) is 0 Å². The average molecular weight is 346 g/mol. The van der Waals surface area contributed by atoms with Crippen LogP contribution in [-0.4, -0.2) is 11.9 Å². The summed E-state index contributed by atoms with van der Waals surface area (Å²) in [6.07, 6.45) is 3.50. The molecular weight excluding hydrogens is 328 g/mol. The van der Waals surface area contributed by atoms with Crippen molar-refractivity contribution in [1.29, 1.82) is 0 Å². The fraction of sp³-hybridized carbons (Fsp3) is 0.500. The minimum Gasteiger partial charge on any atom is -0.327 e. The van der Waals surface area contributed by atoms with Gasteiger partial charge in [0.1, 0.15) is 0 Å². The molecule has 0 radical (unpaired) electrons. The first-order chi connectivity index (χ1) is 8.65. The Morgan fingerprint density at radius 3 is 2.68 bits per heavy atom. The van der Waals surface area contributed by atoms with Gasteiger partial charge in [0.05, 0.1) is 5.92 Å². The molecule has 104 valence electrons. The smallest absolute Gasteiger partial charge is 0.229 e. The van der Waals surface area contributed by atoms with Crippen LogP contribution < -0.4 is 11.1 Å². The number of hydrogen-bond donors (Lipinski definition) is 2. The van der Waals surface area contributed by atoms with Crippen LogP contribution in [-0.2, 0) is 4.79 Å². The van der Waals surface area contributed by atoms with Crippen molar-refractivity contribution in [2.45, 2.75) is 25.3 Å². The lowest BCUT2D eigenvalue weighted by Crippen LogP contribution is -2.42. The molecule has 0 heterocycles. The third kappa shape index (κ3) is 2.81. The first kappa shape index (κ1) is 14.8. The predicted molar refractivity (Wildman–Crippen MR) is 82.3 cm³/mol. The van der Waals surface area contributed by atoms with Crippen LogP contribution in [0.3, 0.4) is 0 Å². The Morgan fingerprint density at radius 1 is 1.32 bits per heavy atom. The number of amides is 1. The van der Waals surface area contributed by atoms with E-state index in [2.05, 4.69) is 21.2 Å². The lowest BCUT2D eigenvalue weighted by molar-refractivity contribution is -0.121. The van der Waals surface area contributed by atoms with E-state index >= 15 is 0 Å². The molecular formula is C14H18BrClN2O. The lowest BCUT2D eigenvalue weighted by Gasteiger charge is -2.27. The molecule has 5 heteroatoms. The Balaban J connectivity index is 0.00000133. The molecule has 0 saturated heterocycles. The molecule has 4 atom stereocenters. The third-order valence-electron chi connectivity index (χ3n) is 4.38. The van der Waals surface area contributed by atoms with Crippen LogP contribution in [0.4, 0.5) is 5.69 Å². The maximum Gasteiger partial charge on any atom is 0.229 e. The largest absolute Gasteiger partial charge is 0.327 e. The fourth-order valence-electron chi connectivity index (χ4n) is 3.52. The topological polar surface area (TPSA) is 55.1 Å². The molecule has 2 saturated carbocycles. The molecule has 4 unspecified atom stereocenters. The van der Waals surface area contributed by atoms with E-state index < -0.39 is 0 Å². The lowest BCUT2D eigenvalue weighted by atomic mass is 9.84. The van der Waals surface area contributed by atoms with Gasteiger partial charge in [0.2, 0.25) is 5.91 Å². The molecule has 1 amide bonds. The van der Waals surface area contributed by atoms with Crippen LogP contribution in [0.15, 0.2) is 28.7 Å². The molecule has 0 spiro atoms. The van der Waals surface area contributed by atoms with E-state index in [4.69, 9.17) is 5.73 Å². The van der Waals surface area contributed by atoms with Gasteiger partial charge in [-0.2, -0.15) is 0 Å². The quantitative estimate of drug-likeness (QED) is 0.865. The third-order valence-corrected chi connectivity index (χ3v) is 4.87. The van der Waals surface area contributed by atoms with E-state index in [1.165, 1.54) is 6.42 Å². The summed E-state index contributed by atoms with van der Waals surface area (Å²) in [6.45, 7) is 0. The fourth-order valence-corrected chi connectivity index (χ4v) is 3.92. The summed E-state index contributed by atoms with van der Waals surface area (Å²) in [4.78, 5) is 12.3. The molecule has 0 aliphatic heterocycles. The van der Waals surface area contributed by atoms with E-state index in [0.29, 0.717) is 11.8 Å². The number of carbonyl (C=O) groups excluding carboxylic acids is 1. The summed E-state index contributed by atoms with van der Waals surface area (Å²) in [6, 6.07) is 7.73. The van der Waals surface area contributed by atoms with Crippen LogP contribution in [0.25, 0.3) is 0 Å². The number of anilines is 1. The Labute approximate surface area is 127 Å². The van der Waals surface area contributed by atoms with Gasteiger partial charge >= 0.3 is 0 Å². The van der Waals surface area contributed by atoms with Crippen LogP contribution in [0.2, 0.25) is 0 Å². The number of nitrogens with one attached hydrogen (secondary N) is 1. The van der Waals surface area contributed by atoms with Crippen LogP contribution in [0, 0.1) is 17.8 Å².